The fourth-order valence-corrected chi connectivity index (χ4v) is 3.85. The summed E-state index contributed by atoms with van der Waals surface area (Å²) in [5, 5.41) is 9.23. The fraction of sp³-hybridized carbons (Fsp3) is 0.588. The molecule has 2 fully saturated rings. The van der Waals surface area contributed by atoms with Gasteiger partial charge in [-0.1, -0.05) is 18.2 Å². The first kappa shape index (κ1) is 13.6. The maximum absolute atomic E-state index is 9.23. The first-order valence-electron chi connectivity index (χ1n) is 7.76. The second kappa shape index (κ2) is 5.95. The van der Waals surface area contributed by atoms with Crippen LogP contribution < -0.4 is 5.73 Å². The minimum Gasteiger partial charge on any atom is -0.326 e. The van der Waals surface area contributed by atoms with Crippen LogP contribution in [0.5, 0.6) is 0 Å². The Hall–Kier alpha value is -1.37. The Morgan fingerprint density at radius 2 is 1.85 bits per heavy atom. The molecular formula is C17H23N3. The van der Waals surface area contributed by atoms with Gasteiger partial charge in [0, 0.05) is 25.2 Å². The molecule has 1 saturated heterocycles. The highest BCUT2D eigenvalue weighted by molar-refractivity contribution is 5.39. The summed E-state index contributed by atoms with van der Waals surface area (Å²) >= 11 is 0. The fourth-order valence-electron chi connectivity index (χ4n) is 3.85. The summed E-state index contributed by atoms with van der Waals surface area (Å²) in [6.07, 6.45) is 6.05. The van der Waals surface area contributed by atoms with E-state index < -0.39 is 0 Å². The summed E-state index contributed by atoms with van der Waals surface area (Å²) in [6.45, 7) is 2.25. The maximum Gasteiger partial charge on any atom is 0.0994 e. The van der Waals surface area contributed by atoms with Crippen molar-refractivity contribution in [3.63, 3.8) is 0 Å². The molecular weight excluding hydrogens is 246 g/mol. The van der Waals surface area contributed by atoms with Crippen LogP contribution in [0.1, 0.15) is 49.1 Å². The standard InChI is InChI=1S/C17H23N3/c18-11-14-3-1-2-4-17(14)13-5-7-16(8-6-13)20-10-9-15(19)12-20/h1-4,13,15-16H,5-10,12,19H2/t13?,15-,16?/m1/s1. The topological polar surface area (TPSA) is 53.0 Å². The quantitative estimate of drug-likeness (QED) is 0.898. The largest absolute Gasteiger partial charge is 0.326 e. The van der Waals surface area contributed by atoms with Crippen LogP contribution in [0.15, 0.2) is 24.3 Å². The van der Waals surface area contributed by atoms with Crippen LogP contribution in [-0.2, 0) is 0 Å². The first-order valence-corrected chi connectivity index (χ1v) is 7.76. The molecule has 0 unspecified atom stereocenters. The van der Waals surface area contributed by atoms with Crippen LogP contribution in [0.2, 0.25) is 0 Å². The number of nitriles is 1. The molecule has 3 heteroatoms. The molecule has 0 amide bonds. The van der Waals surface area contributed by atoms with Crippen molar-refractivity contribution in [2.75, 3.05) is 13.1 Å². The second-order valence-corrected chi connectivity index (χ2v) is 6.25. The van der Waals surface area contributed by atoms with E-state index in [-0.39, 0.29) is 0 Å². The number of rotatable bonds is 2. The molecule has 0 radical (unpaired) electrons. The Morgan fingerprint density at radius 3 is 2.50 bits per heavy atom. The molecule has 0 aromatic heterocycles. The van der Waals surface area contributed by atoms with Crippen molar-refractivity contribution in [2.24, 2.45) is 5.73 Å². The lowest BCUT2D eigenvalue weighted by molar-refractivity contribution is 0.180. The van der Waals surface area contributed by atoms with Crippen LogP contribution in [-0.4, -0.2) is 30.1 Å². The van der Waals surface area contributed by atoms with Crippen molar-refractivity contribution in [3.05, 3.63) is 35.4 Å². The van der Waals surface area contributed by atoms with Crippen molar-refractivity contribution in [1.29, 1.82) is 5.26 Å². The van der Waals surface area contributed by atoms with Gasteiger partial charge in [-0.3, -0.25) is 4.90 Å². The highest BCUT2D eigenvalue weighted by atomic mass is 15.2. The van der Waals surface area contributed by atoms with Crippen LogP contribution in [0.3, 0.4) is 0 Å². The number of nitrogens with two attached hydrogens (primary N) is 1. The zero-order valence-corrected chi connectivity index (χ0v) is 12.0. The molecule has 3 nitrogen and oxygen atoms in total. The lowest BCUT2D eigenvalue weighted by atomic mass is 9.80. The third-order valence-electron chi connectivity index (χ3n) is 4.99. The summed E-state index contributed by atoms with van der Waals surface area (Å²) in [7, 11) is 0. The van der Waals surface area contributed by atoms with E-state index >= 15 is 0 Å². The van der Waals surface area contributed by atoms with E-state index in [0.29, 0.717) is 18.0 Å². The van der Waals surface area contributed by atoms with Crippen molar-refractivity contribution in [2.45, 2.75) is 50.1 Å². The van der Waals surface area contributed by atoms with E-state index in [0.717, 1.165) is 18.5 Å². The normalized spacial score (nSPS) is 31.1. The molecule has 20 heavy (non-hydrogen) atoms. The number of hydrogen-bond donors (Lipinski definition) is 1. The summed E-state index contributed by atoms with van der Waals surface area (Å²) < 4.78 is 0. The average molecular weight is 269 g/mol. The van der Waals surface area contributed by atoms with Gasteiger partial charge in [0.05, 0.1) is 11.6 Å². The Kier molecular flexibility index (Phi) is 4.05. The molecule has 0 bridgehead atoms. The molecule has 3 rings (SSSR count). The lowest BCUT2D eigenvalue weighted by Gasteiger charge is -2.35. The van der Waals surface area contributed by atoms with Crippen molar-refractivity contribution < 1.29 is 0 Å². The van der Waals surface area contributed by atoms with Gasteiger partial charge in [-0.2, -0.15) is 5.26 Å². The van der Waals surface area contributed by atoms with Gasteiger partial charge >= 0.3 is 0 Å². The van der Waals surface area contributed by atoms with E-state index in [1.54, 1.807) is 0 Å². The summed E-state index contributed by atoms with van der Waals surface area (Å²) in [5.41, 5.74) is 8.13. The Labute approximate surface area is 121 Å². The van der Waals surface area contributed by atoms with E-state index in [2.05, 4.69) is 23.1 Å². The molecule has 2 N–H and O–H groups in total. The Balaban J connectivity index is 1.63. The van der Waals surface area contributed by atoms with Crippen LogP contribution in [0.25, 0.3) is 0 Å². The zero-order chi connectivity index (χ0) is 13.9. The van der Waals surface area contributed by atoms with E-state index in [9.17, 15) is 5.26 Å². The average Bonchev–Trinajstić information content (AvgIpc) is 2.94. The number of nitrogens with zero attached hydrogens (tertiary/aromatic N) is 2. The Bertz CT molecular complexity index is 497. The summed E-state index contributed by atoms with van der Waals surface area (Å²) in [6, 6.07) is 11.5. The molecule has 1 saturated carbocycles. The van der Waals surface area contributed by atoms with Gasteiger partial charge in [0.1, 0.15) is 0 Å². The molecule has 1 aromatic carbocycles. The van der Waals surface area contributed by atoms with Gasteiger partial charge in [-0.05, 0) is 49.7 Å². The minimum absolute atomic E-state index is 0.382. The number of benzene rings is 1. The molecule has 2 aliphatic rings. The van der Waals surface area contributed by atoms with Crippen molar-refractivity contribution in [3.8, 4) is 6.07 Å². The van der Waals surface area contributed by atoms with Gasteiger partial charge in [0.2, 0.25) is 0 Å². The highest BCUT2D eigenvalue weighted by Crippen LogP contribution is 2.36. The van der Waals surface area contributed by atoms with Gasteiger partial charge in [-0.25, -0.2) is 0 Å². The van der Waals surface area contributed by atoms with Crippen LogP contribution >= 0.6 is 0 Å². The van der Waals surface area contributed by atoms with E-state index in [1.165, 1.54) is 37.8 Å². The van der Waals surface area contributed by atoms with Gasteiger partial charge in [0.15, 0.2) is 0 Å². The van der Waals surface area contributed by atoms with E-state index in [1.807, 2.05) is 12.1 Å². The van der Waals surface area contributed by atoms with Gasteiger partial charge in [-0.15, -0.1) is 0 Å². The predicted molar refractivity (Wildman–Crippen MR) is 80.3 cm³/mol. The van der Waals surface area contributed by atoms with Crippen molar-refractivity contribution >= 4 is 0 Å². The summed E-state index contributed by atoms with van der Waals surface area (Å²) in [5.74, 6) is 0.568. The first-order chi connectivity index (χ1) is 9.78. The third-order valence-corrected chi connectivity index (χ3v) is 4.99. The number of likely N-dealkylation sites (tertiary alicyclic amines) is 1. The van der Waals surface area contributed by atoms with Crippen molar-refractivity contribution in [1.82, 2.24) is 4.90 Å². The Morgan fingerprint density at radius 1 is 1.10 bits per heavy atom. The third kappa shape index (κ3) is 2.72. The lowest BCUT2D eigenvalue weighted by Crippen LogP contribution is -2.37. The van der Waals surface area contributed by atoms with Crippen LogP contribution in [0, 0.1) is 11.3 Å². The van der Waals surface area contributed by atoms with Gasteiger partial charge in [0.25, 0.3) is 0 Å². The smallest absolute Gasteiger partial charge is 0.0994 e. The molecule has 1 aliphatic heterocycles. The monoisotopic (exact) mass is 269 g/mol. The van der Waals surface area contributed by atoms with E-state index in [4.69, 9.17) is 5.73 Å². The second-order valence-electron chi connectivity index (χ2n) is 6.25. The highest BCUT2D eigenvalue weighted by Gasteiger charge is 2.30. The molecule has 1 aromatic rings. The van der Waals surface area contributed by atoms with Crippen LogP contribution in [0.4, 0.5) is 0 Å². The SMILES string of the molecule is N#Cc1ccccc1C1CCC(N2CC[C@@H](N)C2)CC1. The molecule has 1 aliphatic carbocycles. The predicted octanol–water partition coefficient (Wildman–Crippen LogP) is 2.62. The zero-order valence-electron chi connectivity index (χ0n) is 12.0. The molecule has 1 atom stereocenters. The van der Waals surface area contributed by atoms with Gasteiger partial charge < -0.3 is 5.73 Å². The maximum atomic E-state index is 9.23. The summed E-state index contributed by atoms with van der Waals surface area (Å²) in [4.78, 5) is 2.58. The molecule has 1 heterocycles. The molecule has 106 valence electrons. The minimum atomic E-state index is 0.382. The number of hydrogen-bond acceptors (Lipinski definition) is 3. The molecule has 0 spiro atoms.